The molecule has 1 amide bonds. The average Bonchev–Trinajstić information content (AvgIpc) is 2.92. The lowest BCUT2D eigenvalue weighted by Crippen LogP contribution is -2.38. The van der Waals surface area contributed by atoms with E-state index in [1.165, 1.54) is 24.3 Å². The summed E-state index contributed by atoms with van der Waals surface area (Å²) in [6.45, 7) is 10.9. The van der Waals surface area contributed by atoms with Gasteiger partial charge < -0.3 is 4.74 Å². The lowest BCUT2D eigenvalue weighted by atomic mass is 9.83. The Morgan fingerprint density at radius 1 is 0.767 bits per heavy atom. The van der Waals surface area contributed by atoms with Crippen molar-refractivity contribution in [3.05, 3.63) is 129 Å². The van der Waals surface area contributed by atoms with E-state index in [4.69, 9.17) is 16.3 Å². The molecule has 6 nitrogen and oxygen atoms in total. The molecule has 2 unspecified atom stereocenters. The van der Waals surface area contributed by atoms with Crippen LogP contribution in [0.2, 0.25) is 5.02 Å². The van der Waals surface area contributed by atoms with Gasteiger partial charge in [0.2, 0.25) is 0 Å². The maximum Gasteiger partial charge on any atom is 0.412 e. The number of ketones is 1. The summed E-state index contributed by atoms with van der Waals surface area (Å²) in [5.41, 5.74) is 3.55. The molecular weight excluding hydrogens is 582 g/mol. The van der Waals surface area contributed by atoms with Gasteiger partial charge in [-0.1, -0.05) is 76.8 Å². The standard InChI is InChI=1S/C35H36ClNO5S/c1-22-7-12-25(13-8-22)31(29-21-24(3)11-20-30(29)37-34(39)42-35(4,5)6)33(32(38)26-14-16-27(36)17-15-26)43(40,41)28-18-9-23(2)10-19-28/h7-21,31,33H,1-6H3,(H,37,39). The van der Waals surface area contributed by atoms with Gasteiger partial charge >= 0.3 is 6.09 Å². The van der Waals surface area contributed by atoms with E-state index in [2.05, 4.69) is 5.32 Å². The van der Waals surface area contributed by atoms with Gasteiger partial charge in [0.1, 0.15) is 10.9 Å². The summed E-state index contributed by atoms with van der Waals surface area (Å²) in [6, 6.07) is 25.4. The number of carbonyl (C=O) groups is 2. The number of ether oxygens (including phenoxy) is 1. The second kappa shape index (κ2) is 12.7. The molecule has 0 aromatic heterocycles. The lowest BCUT2D eigenvalue weighted by Gasteiger charge is -2.30. The van der Waals surface area contributed by atoms with Gasteiger partial charge in [-0.2, -0.15) is 0 Å². The van der Waals surface area contributed by atoms with Gasteiger partial charge in [-0.3, -0.25) is 10.1 Å². The van der Waals surface area contributed by atoms with Crippen molar-refractivity contribution in [1.82, 2.24) is 0 Å². The minimum Gasteiger partial charge on any atom is -0.444 e. The van der Waals surface area contributed by atoms with Crippen molar-refractivity contribution in [3.63, 3.8) is 0 Å². The number of hydrogen-bond donors (Lipinski definition) is 1. The molecule has 0 saturated carbocycles. The molecule has 0 aliphatic carbocycles. The zero-order chi connectivity index (χ0) is 31.5. The first kappa shape index (κ1) is 32.0. The average molecular weight is 618 g/mol. The number of amides is 1. The highest BCUT2D eigenvalue weighted by Crippen LogP contribution is 2.40. The highest BCUT2D eigenvalue weighted by molar-refractivity contribution is 7.93. The Hall–Kier alpha value is -3.94. The Labute approximate surface area is 259 Å². The highest BCUT2D eigenvalue weighted by Gasteiger charge is 2.43. The van der Waals surface area contributed by atoms with Crippen LogP contribution >= 0.6 is 11.6 Å². The van der Waals surface area contributed by atoms with Crippen LogP contribution in [-0.4, -0.2) is 31.1 Å². The second-order valence-electron chi connectivity index (χ2n) is 11.8. The van der Waals surface area contributed by atoms with Crippen LogP contribution in [0.3, 0.4) is 0 Å². The van der Waals surface area contributed by atoms with Gasteiger partial charge in [-0.05, 0) is 95.1 Å². The van der Waals surface area contributed by atoms with Crippen LogP contribution in [0.1, 0.15) is 64.9 Å². The van der Waals surface area contributed by atoms with E-state index in [-0.39, 0.29) is 10.5 Å². The molecule has 1 N–H and O–H groups in total. The Bertz CT molecular complexity index is 1720. The van der Waals surface area contributed by atoms with Crippen molar-refractivity contribution in [2.24, 2.45) is 0 Å². The first-order chi connectivity index (χ1) is 20.2. The number of aryl methyl sites for hydroxylation is 3. The maximum absolute atomic E-state index is 14.6. The Morgan fingerprint density at radius 2 is 1.30 bits per heavy atom. The summed E-state index contributed by atoms with van der Waals surface area (Å²) in [6.07, 6.45) is -0.692. The number of Topliss-reactive ketones (excluding diaryl/α,β-unsaturated/α-hetero) is 1. The topological polar surface area (TPSA) is 89.5 Å². The molecular formula is C35H36ClNO5S. The smallest absolute Gasteiger partial charge is 0.412 e. The molecule has 4 rings (SSSR count). The molecule has 0 aliphatic heterocycles. The number of halogens is 1. The fourth-order valence-corrected chi connectivity index (χ4v) is 6.90. The summed E-state index contributed by atoms with van der Waals surface area (Å²) in [7, 11) is -4.29. The summed E-state index contributed by atoms with van der Waals surface area (Å²) in [5, 5.41) is 1.65. The van der Waals surface area contributed by atoms with Crippen molar-refractivity contribution in [2.75, 3.05) is 5.32 Å². The van der Waals surface area contributed by atoms with Crippen LogP contribution in [0.15, 0.2) is 95.9 Å². The molecule has 4 aromatic rings. The van der Waals surface area contributed by atoms with E-state index in [9.17, 15) is 18.0 Å². The van der Waals surface area contributed by atoms with Crippen molar-refractivity contribution in [2.45, 2.75) is 63.2 Å². The molecule has 0 heterocycles. The SMILES string of the molecule is Cc1ccc(C(c2cc(C)ccc2NC(=O)OC(C)(C)C)C(C(=O)c2ccc(Cl)cc2)S(=O)(=O)c2ccc(C)cc2)cc1. The summed E-state index contributed by atoms with van der Waals surface area (Å²) < 4.78 is 34.8. The lowest BCUT2D eigenvalue weighted by molar-refractivity contribution is 0.0635. The number of carbonyl (C=O) groups excluding carboxylic acids is 2. The van der Waals surface area contributed by atoms with Crippen molar-refractivity contribution >= 4 is 39.0 Å². The van der Waals surface area contributed by atoms with E-state index >= 15 is 0 Å². The minimum absolute atomic E-state index is 0.0248. The quantitative estimate of drug-likeness (QED) is 0.200. The number of rotatable bonds is 8. The zero-order valence-electron chi connectivity index (χ0n) is 25.1. The Morgan fingerprint density at radius 3 is 1.86 bits per heavy atom. The predicted octanol–water partition coefficient (Wildman–Crippen LogP) is 8.47. The molecule has 43 heavy (non-hydrogen) atoms. The van der Waals surface area contributed by atoms with E-state index in [1.807, 2.05) is 57.2 Å². The predicted molar refractivity (Wildman–Crippen MR) is 172 cm³/mol. The number of sulfone groups is 1. The number of hydrogen-bond acceptors (Lipinski definition) is 5. The number of nitrogens with one attached hydrogen (secondary N) is 1. The van der Waals surface area contributed by atoms with Gasteiger partial charge in [0, 0.05) is 22.2 Å². The molecule has 224 valence electrons. The first-order valence-electron chi connectivity index (χ1n) is 13.9. The van der Waals surface area contributed by atoms with Gasteiger partial charge in [0.05, 0.1) is 4.90 Å². The molecule has 0 saturated heterocycles. The van der Waals surface area contributed by atoms with Crippen LogP contribution in [0.5, 0.6) is 0 Å². The molecule has 0 radical (unpaired) electrons. The monoisotopic (exact) mass is 617 g/mol. The van der Waals surface area contributed by atoms with Crippen LogP contribution in [0.4, 0.5) is 10.5 Å². The fraction of sp³-hybridized carbons (Fsp3) is 0.257. The van der Waals surface area contributed by atoms with Crippen LogP contribution in [0, 0.1) is 20.8 Å². The zero-order valence-corrected chi connectivity index (χ0v) is 26.7. The van der Waals surface area contributed by atoms with E-state index < -0.39 is 38.5 Å². The van der Waals surface area contributed by atoms with Crippen molar-refractivity contribution < 1.29 is 22.7 Å². The van der Waals surface area contributed by atoms with E-state index in [0.29, 0.717) is 21.8 Å². The van der Waals surface area contributed by atoms with Gasteiger partial charge in [0.25, 0.3) is 0 Å². The van der Waals surface area contributed by atoms with Crippen LogP contribution < -0.4 is 5.32 Å². The largest absolute Gasteiger partial charge is 0.444 e. The molecule has 8 heteroatoms. The third-order valence-corrected chi connectivity index (χ3v) is 9.32. The van der Waals surface area contributed by atoms with Gasteiger partial charge in [0.15, 0.2) is 15.6 Å². The Kier molecular flexibility index (Phi) is 9.47. The third-order valence-electron chi connectivity index (χ3n) is 6.99. The summed E-state index contributed by atoms with van der Waals surface area (Å²) >= 11 is 6.12. The summed E-state index contributed by atoms with van der Waals surface area (Å²) in [4.78, 5) is 27.4. The second-order valence-corrected chi connectivity index (χ2v) is 14.3. The van der Waals surface area contributed by atoms with Crippen LogP contribution in [-0.2, 0) is 14.6 Å². The molecule has 0 spiro atoms. The number of benzene rings is 4. The van der Waals surface area contributed by atoms with Gasteiger partial charge in [-0.25, -0.2) is 13.2 Å². The van der Waals surface area contributed by atoms with Crippen LogP contribution in [0.25, 0.3) is 0 Å². The molecule has 2 atom stereocenters. The summed E-state index contributed by atoms with van der Waals surface area (Å²) in [5.74, 6) is -1.59. The fourth-order valence-electron chi connectivity index (χ4n) is 4.88. The highest BCUT2D eigenvalue weighted by atomic mass is 35.5. The maximum atomic E-state index is 14.6. The molecule has 0 fully saturated rings. The van der Waals surface area contributed by atoms with Gasteiger partial charge in [-0.15, -0.1) is 0 Å². The molecule has 0 bridgehead atoms. The van der Waals surface area contributed by atoms with Crippen molar-refractivity contribution in [3.8, 4) is 0 Å². The number of anilines is 1. The van der Waals surface area contributed by atoms with E-state index in [1.54, 1.807) is 51.1 Å². The normalized spacial score (nSPS) is 13.2. The Balaban J connectivity index is 2.01. The first-order valence-corrected chi connectivity index (χ1v) is 15.9. The third kappa shape index (κ3) is 7.72. The molecule has 0 aliphatic rings. The minimum atomic E-state index is -4.29. The van der Waals surface area contributed by atoms with Crippen molar-refractivity contribution in [1.29, 1.82) is 0 Å². The van der Waals surface area contributed by atoms with E-state index in [0.717, 1.165) is 16.7 Å². The molecule has 4 aromatic carbocycles.